The van der Waals surface area contributed by atoms with Crippen molar-refractivity contribution in [2.45, 2.75) is 43.5 Å². The third kappa shape index (κ3) is 4.66. The van der Waals surface area contributed by atoms with E-state index in [1.54, 1.807) is 0 Å². The molecule has 20 heavy (non-hydrogen) atoms. The van der Waals surface area contributed by atoms with E-state index in [1.165, 1.54) is 10.5 Å². The minimum absolute atomic E-state index is 0.329. The summed E-state index contributed by atoms with van der Waals surface area (Å²) in [6.07, 6.45) is 1.83. The second-order valence-corrected chi connectivity index (χ2v) is 6.81. The van der Waals surface area contributed by atoms with Gasteiger partial charge in [0.2, 0.25) is 0 Å². The van der Waals surface area contributed by atoms with Crippen molar-refractivity contribution in [3.8, 4) is 0 Å². The van der Waals surface area contributed by atoms with Crippen molar-refractivity contribution in [2.24, 2.45) is 0 Å². The Hall–Kier alpha value is -1.32. The van der Waals surface area contributed by atoms with Crippen LogP contribution in [0.15, 0.2) is 53.6 Å². The molecule has 0 saturated carbocycles. The number of thioether (sulfide) groups is 1. The third-order valence-electron chi connectivity index (χ3n) is 3.07. The minimum atomic E-state index is 0.329. The molecule has 2 rings (SSSR count). The standard InChI is InChI=1S/C17H22N2S/c1-13(2)20-17-9-7-15(8-10-17)14(3)19-12-16-6-4-5-11-18-16/h4-11,13-14,19H,12H2,1-3H3. The predicted octanol–water partition coefficient (Wildman–Crippen LogP) is 4.43. The number of hydrogen-bond donors (Lipinski definition) is 1. The molecule has 1 atom stereocenters. The summed E-state index contributed by atoms with van der Waals surface area (Å²) in [5, 5.41) is 4.13. The van der Waals surface area contributed by atoms with E-state index in [1.807, 2.05) is 36.2 Å². The van der Waals surface area contributed by atoms with Crippen LogP contribution in [0.2, 0.25) is 0 Å². The summed E-state index contributed by atoms with van der Waals surface area (Å²) < 4.78 is 0. The summed E-state index contributed by atoms with van der Waals surface area (Å²) in [5.74, 6) is 0. The summed E-state index contributed by atoms with van der Waals surface area (Å²) in [6.45, 7) is 7.42. The number of rotatable bonds is 6. The van der Waals surface area contributed by atoms with Crippen molar-refractivity contribution < 1.29 is 0 Å². The van der Waals surface area contributed by atoms with Gasteiger partial charge in [-0.15, -0.1) is 11.8 Å². The highest BCUT2D eigenvalue weighted by Gasteiger charge is 2.06. The average molecular weight is 286 g/mol. The topological polar surface area (TPSA) is 24.9 Å². The van der Waals surface area contributed by atoms with Crippen LogP contribution in [0.5, 0.6) is 0 Å². The van der Waals surface area contributed by atoms with Crippen molar-refractivity contribution in [2.75, 3.05) is 0 Å². The maximum Gasteiger partial charge on any atom is 0.0541 e. The fourth-order valence-electron chi connectivity index (χ4n) is 1.99. The molecule has 0 spiro atoms. The molecule has 2 nitrogen and oxygen atoms in total. The summed E-state index contributed by atoms with van der Waals surface area (Å²) in [4.78, 5) is 5.66. The molecule has 0 fully saturated rings. The van der Waals surface area contributed by atoms with Crippen LogP contribution in [-0.2, 0) is 6.54 Å². The molecule has 3 heteroatoms. The molecule has 0 saturated heterocycles. The largest absolute Gasteiger partial charge is 0.305 e. The number of pyridine rings is 1. The van der Waals surface area contributed by atoms with Gasteiger partial charge in [-0.2, -0.15) is 0 Å². The maximum absolute atomic E-state index is 4.33. The Labute approximate surface area is 126 Å². The first-order valence-electron chi connectivity index (χ1n) is 7.05. The molecule has 1 aromatic carbocycles. The van der Waals surface area contributed by atoms with Gasteiger partial charge in [0.1, 0.15) is 0 Å². The molecular weight excluding hydrogens is 264 g/mol. The SMILES string of the molecule is CC(C)Sc1ccc(C(C)NCc2ccccn2)cc1. The number of nitrogens with one attached hydrogen (secondary N) is 1. The van der Waals surface area contributed by atoms with E-state index in [2.05, 4.69) is 55.3 Å². The molecule has 0 amide bonds. The Morgan fingerprint density at radius 3 is 2.40 bits per heavy atom. The van der Waals surface area contributed by atoms with Gasteiger partial charge in [0, 0.05) is 28.9 Å². The van der Waals surface area contributed by atoms with Crippen molar-refractivity contribution in [1.29, 1.82) is 0 Å². The van der Waals surface area contributed by atoms with Crippen LogP contribution in [-0.4, -0.2) is 10.2 Å². The predicted molar refractivity (Wildman–Crippen MR) is 86.9 cm³/mol. The zero-order valence-electron chi connectivity index (χ0n) is 12.3. The lowest BCUT2D eigenvalue weighted by atomic mass is 10.1. The van der Waals surface area contributed by atoms with E-state index < -0.39 is 0 Å². The Morgan fingerprint density at radius 1 is 1.05 bits per heavy atom. The van der Waals surface area contributed by atoms with E-state index >= 15 is 0 Å². The Kier molecular flexibility index (Phi) is 5.62. The molecule has 2 aromatic rings. The summed E-state index contributed by atoms with van der Waals surface area (Å²) in [7, 11) is 0. The molecule has 0 aliphatic heterocycles. The first-order chi connectivity index (χ1) is 9.65. The van der Waals surface area contributed by atoms with Crippen LogP contribution in [0.1, 0.15) is 38.1 Å². The van der Waals surface area contributed by atoms with E-state index in [0.717, 1.165) is 12.2 Å². The van der Waals surface area contributed by atoms with Crippen LogP contribution in [0.25, 0.3) is 0 Å². The second-order valence-electron chi connectivity index (χ2n) is 5.16. The van der Waals surface area contributed by atoms with Crippen molar-refractivity contribution in [3.05, 3.63) is 59.9 Å². The second kappa shape index (κ2) is 7.46. The van der Waals surface area contributed by atoms with E-state index in [4.69, 9.17) is 0 Å². The summed E-state index contributed by atoms with van der Waals surface area (Å²) >= 11 is 1.90. The maximum atomic E-state index is 4.33. The van der Waals surface area contributed by atoms with Gasteiger partial charge in [-0.25, -0.2) is 0 Å². The fraction of sp³-hybridized carbons (Fsp3) is 0.353. The Morgan fingerprint density at radius 2 is 1.80 bits per heavy atom. The van der Waals surface area contributed by atoms with E-state index in [-0.39, 0.29) is 0 Å². The third-order valence-corrected chi connectivity index (χ3v) is 4.08. The summed E-state index contributed by atoms with van der Waals surface area (Å²) in [5.41, 5.74) is 2.39. The first kappa shape index (κ1) is 15.1. The molecule has 1 heterocycles. The Bertz CT molecular complexity index is 508. The zero-order valence-corrected chi connectivity index (χ0v) is 13.2. The molecule has 1 unspecified atom stereocenters. The van der Waals surface area contributed by atoms with Gasteiger partial charge in [0.15, 0.2) is 0 Å². The smallest absolute Gasteiger partial charge is 0.0541 e. The quantitative estimate of drug-likeness (QED) is 0.795. The number of aromatic nitrogens is 1. The zero-order chi connectivity index (χ0) is 14.4. The molecular formula is C17H22N2S. The van der Waals surface area contributed by atoms with Gasteiger partial charge in [-0.05, 0) is 36.8 Å². The van der Waals surface area contributed by atoms with Crippen LogP contribution in [0, 0.1) is 0 Å². The molecule has 0 aliphatic rings. The fourth-order valence-corrected chi connectivity index (χ4v) is 2.82. The lowest BCUT2D eigenvalue weighted by molar-refractivity contribution is 0.567. The van der Waals surface area contributed by atoms with Crippen LogP contribution in [0.4, 0.5) is 0 Å². The van der Waals surface area contributed by atoms with E-state index in [0.29, 0.717) is 11.3 Å². The minimum Gasteiger partial charge on any atom is -0.305 e. The monoisotopic (exact) mass is 286 g/mol. The summed E-state index contributed by atoms with van der Waals surface area (Å²) in [6, 6.07) is 15.2. The van der Waals surface area contributed by atoms with Crippen molar-refractivity contribution in [1.82, 2.24) is 10.3 Å². The lowest BCUT2D eigenvalue weighted by Gasteiger charge is -2.14. The Balaban J connectivity index is 1.90. The lowest BCUT2D eigenvalue weighted by Crippen LogP contribution is -2.18. The van der Waals surface area contributed by atoms with Crippen LogP contribution >= 0.6 is 11.8 Å². The molecule has 1 aromatic heterocycles. The highest BCUT2D eigenvalue weighted by atomic mass is 32.2. The van der Waals surface area contributed by atoms with Gasteiger partial charge in [-0.1, -0.05) is 32.0 Å². The van der Waals surface area contributed by atoms with Crippen LogP contribution < -0.4 is 5.32 Å². The number of benzene rings is 1. The van der Waals surface area contributed by atoms with Gasteiger partial charge in [-0.3, -0.25) is 4.98 Å². The first-order valence-corrected chi connectivity index (χ1v) is 7.93. The molecule has 0 bridgehead atoms. The van der Waals surface area contributed by atoms with Gasteiger partial charge < -0.3 is 5.32 Å². The molecule has 0 radical (unpaired) electrons. The van der Waals surface area contributed by atoms with Crippen molar-refractivity contribution >= 4 is 11.8 Å². The normalized spacial score (nSPS) is 12.6. The number of hydrogen-bond acceptors (Lipinski definition) is 3. The molecule has 0 aliphatic carbocycles. The number of nitrogens with zero attached hydrogens (tertiary/aromatic N) is 1. The molecule has 1 N–H and O–H groups in total. The van der Waals surface area contributed by atoms with E-state index in [9.17, 15) is 0 Å². The van der Waals surface area contributed by atoms with Gasteiger partial charge >= 0.3 is 0 Å². The van der Waals surface area contributed by atoms with Crippen molar-refractivity contribution in [3.63, 3.8) is 0 Å². The average Bonchev–Trinajstić information content (AvgIpc) is 2.46. The highest BCUT2D eigenvalue weighted by Crippen LogP contribution is 2.24. The van der Waals surface area contributed by atoms with Crippen LogP contribution in [0.3, 0.4) is 0 Å². The highest BCUT2D eigenvalue weighted by molar-refractivity contribution is 7.99. The van der Waals surface area contributed by atoms with Gasteiger partial charge in [0.05, 0.1) is 5.69 Å². The molecule has 106 valence electrons. The van der Waals surface area contributed by atoms with Gasteiger partial charge in [0.25, 0.3) is 0 Å².